The predicted octanol–water partition coefficient (Wildman–Crippen LogP) is 6.55. The average Bonchev–Trinajstić information content (AvgIpc) is 3.09. The Balaban J connectivity index is 1.73. The first kappa shape index (κ1) is 22.1. The van der Waals surface area contributed by atoms with Crippen LogP contribution in [-0.4, -0.2) is 15.4 Å². The van der Waals surface area contributed by atoms with Crippen molar-refractivity contribution in [1.29, 1.82) is 0 Å². The minimum Gasteiger partial charge on any atom is -0.387 e. The molecule has 2 N–H and O–H groups in total. The third-order valence-corrected chi connectivity index (χ3v) is 6.00. The van der Waals surface area contributed by atoms with Gasteiger partial charge in [0.15, 0.2) is 0 Å². The molecule has 1 heterocycles. The molecule has 0 saturated heterocycles. The zero-order chi connectivity index (χ0) is 21.3. The van der Waals surface area contributed by atoms with Gasteiger partial charge in [-0.1, -0.05) is 62.9 Å². The summed E-state index contributed by atoms with van der Waals surface area (Å²) in [4.78, 5) is 9.15. The topological polar surface area (TPSA) is 56.2 Å². The van der Waals surface area contributed by atoms with E-state index in [-0.39, 0.29) is 0 Å². The number of amidine groups is 1. The van der Waals surface area contributed by atoms with Crippen LogP contribution in [0.5, 0.6) is 0 Å². The van der Waals surface area contributed by atoms with E-state index in [0.29, 0.717) is 17.7 Å². The highest BCUT2D eigenvalue weighted by molar-refractivity contribution is 5.78. The molecule has 1 aliphatic carbocycles. The van der Waals surface area contributed by atoms with E-state index in [4.69, 9.17) is 10.7 Å². The maximum atomic E-state index is 5.65. The molecule has 30 heavy (non-hydrogen) atoms. The van der Waals surface area contributed by atoms with E-state index < -0.39 is 0 Å². The van der Waals surface area contributed by atoms with Gasteiger partial charge in [-0.05, 0) is 44.1 Å². The van der Waals surface area contributed by atoms with E-state index in [2.05, 4.69) is 59.6 Å². The molecule has 0 bridgehead atoms. The van der Waals surface area contributed by atoms with Gasteiger partial charge < -0.3 is 10.3 Å². The summed E-state index contributed by atoms with van der Waals surface area (Å²) in [5, 5.41) is 0. The summed E-state index contributed by atoms with van der Waals surface area (Å²) in [6.07, 6.45) is 17.8. The Bertz CT molecular complexity index is 865. The molecule has 4 heteroatoms. The Morgan fingerprint density at radius 3 is 2.67 bits per heavy atom. The van der Waals surface area contributed by atoms with Crippen LogP contribution in [0.1, 0.15) is 76.1 Å². The lowest BCUT2D eigenvalue weighted by Gasteiger charge is -2.24. The lowest BCUT2D eigenvalue weighted by Crippen LogP contribution is -2.13. The van der Waals surface area contributed by atoms with E-state index in [0.717, 1.165) is 23.5 Å². The van der Waals surface area contributed by atoms with Gasteiger partial charge in [-0.2, -0.15) is 0 Å². The number of allylic oxidation sites excluding steroid dienone is 1. The third kappa shape index (κ3) is 5.94. The smallest absolute Gasteiger partial charge is 0.116 e. The fourth-order valence-electron chi connectivity index (χ4n) is 3.93. The quantitative estimate of drug-likeness (QED) is 0.200. The fraction of sp³-hybridized carbons (Fsp3) is 0.462. The first-order valence-electron chi connectivity index (χ1n) is 11.4. The molecule has 1 aliphatic rings. The number of aliphatic imine (C=N–C) groups is 1. The number of unbranched alkanes of at least 4 members (excludes halogenated alkanes) is 2. The van der Waals surface area contributed by atoms with Crippen LogP contribution in [0.25, 0.3) is 17.5 Å². The van der Waals surface area contributed by atoms with Crippen molar-refractivity contribution in [1.82, 2.24) is 9.55 Å². The van der Waals surface area contributed by atoms with Crippen molar-refractivity contribution in [2.24, 2.45) is 16.6 Å². The number of aromatic nitrogens is 2. The normalized spacial score (nSPS) is 16.0. The number of imidazole rings is 1. The molecule has 1 unspecified atom stereocenters. The Morgan fingerprint density at radius 2 is 2.07 bits per heavy atom. The minimum atomic E-state index is 0.544. The summed E-state index contributed by atoms with van der Waals surface area (Å²) in [7, 11) is 0. The van der Waals surface area contributed by atoms with Crippen LogP contribution < -0.4 is 5.73 Å². The second kappa shape index (κ2) is 11.0. The largest absolute Gasteiger partial charge is 0.387 e. The molecule has 2 aromatic rings. The molecular formula is C26H36N4. The first-order valence-corrected chi connectivity index (χ1v) is 11.4. The van der Waals surface area contributed by atoms with Crippen molar-refractivity contribution in [3.63, 3.8) is 0 Å². The van der Waals surface area contributed by atoms with Crippen LogP contribution in [0.15, 0.2) is 54.3 Å². The highest BCUT2D eigenvalue weighted by Crippen LogP contribution is 2.37. The molecule has 4 nitrogen and oxygen atoms in total. The molecule has 3 rings (SSSR count). The van der Waals surface area contributed by atoms with Gasteiger partial charge in [0.2, 0.25) is 0 Å². The standard InChI is InChI=1S/C26H36N4/c1-4-6-7-9-21(5-2)18-22-12-14-23(15-13-22)25-19-30(17-16-28-20(3)27)26(29-25)24-10-8-11-24/h5,12-17,19,21,24H,2,4,6-11,18H2,1,3H3,(H2,27,28)/b17-16-. The SMILES string of the molecule is C=CC(CCCCC)Cc1ccc(-c2cn(/C=C\N=C(C)N)c(C3CCC3)n2)cc1. The number of hydrogen-bond donors (Lipinski definition) is 1. The molecule has 0 aliphatic heterocycles. The molecular weight excluding hydrogens is 368 g/mol. The van der Waals surface area contributed by atoms with Crippen LogP contribution in [0, 0.1) is 5.92 Å². The van der Waals surface area contributed by atoms with Crippen LogP contribution in [0.4, 0.5) is 0 Å². The van der Waals surface area contributed by atoms with Crippen molar-refractivity contribution in [2.45, 2.75) is 71.1 Å². The van der Waals surface area contributed by atoms with Crippen LogP contribution in [-0.2, 0) is 6.42 Å². The highest BCUT2D eigenvalue weighted by atomic mass is 15.1. The van der Waals surface area contributed by atoms with Gasteiger partial charge in [-0.25, -0.2) is 9.98 Å². The van der Waals surface area contributed by atoms with Crippen molar-refractivity contribution >= 4 is 12.0 Å². The van der Waals surface area contributed by atoms with Gasteiger partial charge >= 0.3 is 0 Å². The molecule has 1 aromatic carbocycles. The van der Waals surface area contributed by atoms with Gasteiger partial charge in [0, 0.05) is 30.1 Å². The van der Waals surface area contributed by atoms with Crippen molar-refractivity contribution in [2.75, 3.05) is 0 Å². The predicted molar refractivity (Wildman–Crippen MR) is 128 cm³/mol. The van der Waals surface area contributed by atoms with Crippen molar-refractivity contribution in [3.05, 3.63) is 60.7 Å². The van der Waals surface area contributed by atoms with E-state index in [9.17, 15) is 0 Å². The van der Waals surface area contributed by atoms with Crippen LogP contribution in [0.3, 0.4) is 0 Å². The second-order valence-electron chi connectivity index (χ2n) is 8.48. The van der Waals surface area contributed by atoms with E-state index >= 15 is 0 Å². The van der Waals surface area contributed by atoms with E-state index in [1.807, 2.05) is 6.20 Å². The molecule has 1 fully saturated rings. The lowest BCUT2D eigenvalue weighted by molar-refractivity contribution is 0.399. The second-order valence-corrected chi connectivity index (χ2v) is 8.48. The number of hydrogen-bond acceptors (Lipinski definition) is 2. The van der Waals surface area contributed by atoms with Crippen molar-refractivity contribution < 1.29 is 0 Å². The Morgan fingerprint density at radius 1 is 1.30 bits per heavy atom. The Kier molecular flexibility index (Phi) is 8.06. The number of nitrogens with two attached hydrogens (primary N) is 1. The first-order chi connectivity index (χ1) is 14.6. The van der Waals surface area contributed by atoms with Gasteiger partial charge in [0.1, 0.15) is 5.82 Å². The zero-order valence-corrected chi connectivity index (χ0v) is 18.6. The number of nitrogens with zero attached hydrogens (tertiary/aromatic N) is 3. The molecule has 160 valence electrons. The minimum absolute atomic E-state index is 0.544. The average molecular weight is 405 g/mol. The monoisotopic (exact) mass is 404 g/mol. The van der Waals surface area contributed by atoms with E-state index in [1.165, 1.54) is 50.5 Å². The number of rotatable bonds is 11. The zero-order valence-electron chi connectivity index (χ0n) is 18.6. The molecule has 1 saturated carbocycles. The van der Waals surface area contributed by atoms with Gasteiger partial charge in [0.05, 0.1) is 11.5 Å². The third-order valence-electron chi connectivity index (χ3n) is 6.00. The van der Waals surface area contributed by atoms with Gasteiger partial charge in [-0.3, -0.25) is 0 Å². The summed E-state index contributed by atoms with van der Waals surface area (Å²) in [6.45, 7) is 8.08. The molecule has 1 atom stereocenters. The molecule has 0 amide bonds. The summed E-state index contributed by atoms with van der Waals surface area (Å²) < 4.78 is 2.11. The molecule has 1 aromatic heterocycles. The van der Waals surface area contributed by atoms with E-state index in [1.54, 1.807) is 13.1 Å². The summed E-state index contributed by atoms with van der Waals surface area (Å²) in [6, 6.07) is 8.88. The summed E-state index contributed by atoms with van der Waals surface area (Å²) in [5.41, 5.74) is 9.19. The van der Waals surface area contributed by atoms with Crippen molar-refractivity contribution in [3.8, 4) is 11.3 Å². The van der Waals surface area contributed by atoms with Crippen LogP contribution >= 0.6 is 0 Å². The maximum absolute atomic E-state index is 5.65. The van der Waals surface area contributed by atoms with Crippen LogP contribution in [0.2, 0.25) is 0 Å². The Hall–Kier alpha value is -2.62. The molecule has 0 spiro atoms. The lowest BCUT2D eigenvalue weighted by atomic mass is 9.85. The fourth-order valence-corrected chi connectivity index (χ4v) is 3.93. The highest BCUT2D eigenvalue weighted by Gasteiger charge is 2.24. The Labute approximate surface area is 181 Å². The molecule has 0 radical (unpaired) electrons. The summed E-state index contributed by atoms with van der Waals surface area (Å²) in [5.74, 6) is 2.79. The number of benzene rings is 1. The maximum Gasteiger partial charge on any atom is 0.116 e. The van der Waals surface area contributed by atoms with Gasteiger partial charge in [-0.15, -0.1) is 6.58 Å². The van der Waals surface area contributed by atoms with Gasteiger partial charge in [0.25, 0.3) is 0 Å². The summed E-state index contributed by atoms with van der Waals surface area (Å²) >= 11 is 0.